The lowest BCUT2D eigenvalue weighted by molar-refractivity contribution is -0.120. The lowest BCUT2D eigenvalue weighted by Gasteiger charge is -2.18. The molecule has 0 saturated carbocycles. The third kappa shape index (κ3) is 4.52. The summed E-state index contributed by atoms with van der Waals surface area (Å²) in [6, 6.07) is 14.1. The zero-order valence-electron chi connectivity index (χ0n) is 14.8. The second kappa shape index (κ2) is 8.30. The van der Waals surface area contributed by atoms with Gasteiger partial charge < -0.3 is 10.2 Å². The number of nitrogens with one attached hydrogen (secondary N) is 1. The number of rotatable bonds is 5. The molecule has 0 aliphatic rings. The first-order valence-corrected chi connectivity index (χ1v) is 11.7. The fourth-order valence-corrected chi connectivity index (χ4v) is 5.30. The maximum atomic E-state index is 12.7. The molecule has 142 valence electrons. The third-order valence-electron chi connectivity index (χ3n) is 4.13. The maximum absolute atomic E-state index is 12.7. The van der Waals surface area contributed by atoms with Gasteiger partial charge in [0, 0.05) is 22.6 Å². The van der Waals surface area contributed by atoms with Crippen LogP contribution in [0.2, 0.25) is 5.02 Å². The van der Waals surface area contributed by atoms with Gasteiger partial charge in [-0.1, -0.05) is 23.7 Å². The molecule has 2 atom stereocenters. The molecule has 1 aromatic heterocycles. The van der Waals surface area contributed by atoms with Gasteiger partial charge in [0.05, 0.1) is 11.6 Å². The Bertz CT molecular complexity index is 1140. The number of carbonyl (C=O) groups is 1. The molecule has 28 heavy (non-hydrogen) atoms. The molecule has 2 unspecified atom stereocenters. The summed E-state index contributed by atoms with van der Waals surface area (Å²) < 4.78 is 13.4. The van der Waals surface area contributed by atoms with Gasteiger partial charge in [-0.2, -0.15) is 5.26 Å². The number of hydrogen-bond acceptors (Lipinski definition) is 4. The van der Waals surface area contributed by atoms with Gasteiger partial charge in [-0.15, -0.1) is 11.3 Å². The number of nitrogens with zero attached hydrogens (tertiary/aromatic N) is 1. The largest absolute Gasteiger partial charge is 0.344 e. The van der Waals surface area contributed by atoms with Crippen LogP contribution in [0.25, 0.3) is 16.2 Å². The lowest BCUT2D eigenvalue weighted by Crippen LogP contribution is -2.25. The Kier molecular flexibility index (Phi) is 6.02. The van der Waals surface area contributed by atoms with Crippen molar-refractivity contribution in [1.29, 1.82) is 5.26 Å². The van der Waals surface area contributed by atoms with Crippen LogP contribution in [0.5, 0.6) is 0 Å². The molecule has 3 rings (SSSR count). The standard InChI is InChI=1S/C20H16ClN2O3PS/c1-27(25,26)19(17-12-28-18-7-6-15(21)10-16(17)18)20(24)23-9-8-13-2-4-14(11-22)5-3-13/h2-10,12,19H,1H3,(H,23,24)(H,25,26). The smallest absolute Gasteiger partial charge is 0.241 e. The van der Waals surface area contributed by atoms with Crippen molar-refractivity contribution >= 4 is 52.4 Å². The quantitative estimate of drug-likeness (QED) is 0.547. The topological polar surface area (TPSA) is 90.2 Å². The molecule has 1 amide bonds. The van der Waals surface area contributed by atoms with Crippen molar-refractivity contribution in [3.8, 4) is 6.07 Å². The molecule has 0 saturated heterocycles. The van der Waals surface area contributed by atoms with E-state index in [-0.39, 0.29) is 0 Å². The molecule has 0 spiro atoms. The SMILES string of the molecule is CP(=O)(O)C(C(=O)NC=Cc1ccc(C#N)cc1)c1csc2ccc(Cl)cc12. The summed E-state index contributed by atoms with van der Waals surface area (Å²) >= 11 is 7.45. The summed E-state index contributed by atoms with van der Waals surface area (Å²) in [4.78, 5) is 23.0. The Morgan fingerprint density at radius 1 is 1.32 bits per heavy atom. The van der Waals surface area contributed by atoms with E-state index in [1.165, 1.54) is 24.2 Å². The lowest BCUT2D eigenvalue weighted by atomic mass is 10.1. The first-order chi connectivity index (χ1) is 13.3. The van der Waals surface area contributed by atoms with Crippen molar-refractivity contribution < 1.29 is 14.3 Å². The van der Waals surface area contributed by atoms with Crippen LogP contribution >= 0.6 is 30.3 Å². The summed E-state index contributed by atoms with van der Waals surface area (Å²) in [5.74, 6) is -0.571. The van der Waals surface area contributed by atoms with Crippen LogP contribution in [0, 0.1) is 11.3 Å². The number of carbonyl (C=O) groups excluding carboxylic acids is 1. The zero-order valence-corrected chi connectivity index (χ0v) is 17.3. The highest BCUT2D eigenvalue weighted by Crippen LogP contribution is 2.54. The summed E-state index contributed by atoms with van der Waals surface area (Å²) in [7, 11) is -3.78. The minimum atomic E-state index is -3.78. The van der Waals surface area contributed by atoms with E-state index in [4.69, 9.17) is 16.9 Å². The van der Waals surface area contributed by atoms with Gasteiger partial charge in [0.15, 0.2) is 0 Å². The highest BCUT2D eigenvalue weighted by molar-refractivity contribution is 7.58. The number of hydrogen-bond donors (Lipinski definition) is 2. The van der Waals surface area contributed by atoms with Crippen molar-refractivity contribution in [3.05, 3.63) is 75.8 Å². The van der Waals surface area contributed by atoms with Crippen LogP contribution in [-0.2, 0) is 9.36 Å². The van der Waals surface area contributed by atoms with Crippen molar-refractivity contribution in [2.75, 3.05) is 6.66 Å². The van der Waals surface area contributed by atoms with Crippen molar-refractivity contribution in [2.45, 2.75) is 5.66 Å². The van der Waals surface area contributed by atoms with Gasteiger partial charge in [0.25, 0.3) is 0 Å². The van der Waals surface area contributed by atoms with Gasteiger partial charge in [0.1, 0.15) is 5.66 Å². The molecule has 8 heteroatoms. The molecule has 3 aromatic rings. The summed E-state index contributed by atoms with van der Waals surface area (Å²) in [5.41, 5.74) is 0.606. The number of thiophene rings is 1. The van der Waals surface area contributed by atoms with Crippen molar-refractivity contribution in [3.63, 3.8) is 0 Å². The average Bonchev–Trinajstić information content (AvgIpc) is 3.04. The van der Waals surface area contributed by atoms with Crippen LogP contribution < -0.4 is 5.32 Å². The number of benzene rings is 2. The molecule has 2 N–H and O–H groups in total. The molecule has 0 radical (unpaired) electrons. The van der Waals surface area contributed by atoms with Gasteiger partial charge in [-0.25, -0.2) is 0 Å². The van der Waals surface area contributed by atoms with Gasteiger partial charge in [-0.3, -0.25) is 9.36 Å². The molecule has 0 aliphatic carbocycles. The summed E-state index contributed by atoms with van der Waals surface area (Å²) in [6.07, 6.45) is 3.07. The number of fused-ring (bicyclic) bond motifs is 1. The van der Waals surface area contributed by atoms with E-state index in [1.807, 2.05) is 12.1 Å². The number of amides is 1. The first kappa shape index (κ1) is 20.3. The highest BCUT2D eigenvalue weighted by Gasteiger charge is 2.36. The Balaban J connectivity index is 1.86. The van der Waals surface area contributed by atoms with Crippen LogP contribution in [0.4, 0.5) is 0 Å². The molecule has 0 aliphatic heterocycles. The monoisotopic (exact) mass is 430 g/mol. The van der Waals surface area contributed by atoms with Crippen LogP contribution in [0.15, 0.2) is 54.0 Å². The molecule has 0 bridgehead atoms. The van der Waals surface area contributed by atoms with Gasteiger partial charge in [0.2, 0.25) is 13.3 Å². The Hall–Kier alpha value is -2.42. The van der Waals surface area contributed by atoms with E-state index in [0.29, 0.717) is 21.5 Å². The minimum absolute atomic E-state index is 0.486. The van der Waals surface area contributed by atoms with Crippen LogP contribution in [0.3, 0.4) is 0 Å². The highest BCUT2D eigenvalue weighted by atomic mass is 35.5. The van der Waals surface area contributed by atoms with Crippen molar-refractivity contribution in [1.82, 2.24) is 5.32 Å². The Morgan fingerprint density at radius 3 is 2.68 bits per heavy atom. The van der Waals surface area contributed by atoms with E-state index in [1.54, 1.807) is 47.9 Å². The summed E-state index contributed by atoms with van der Waals surface area (Å²) in [5, 5.41) is 14.3. The first-order valence-electron chi connectivity index (χ1n) is 8.23. The van der Waals surface area contributed by atoms with Gasteiger partial charge >= 0.3 is 0 Å². The van der Waals surface area contributed by atoms with Gasteiger partial charge in [-0.05, 0) is 58.3 Å². The Labute approximate surface area is 171 Å². The molecule has 0 fully saturated rings. The van der Waals surface area contributed by atoms with Crippen LogP contribution in [-0.4, -0.2) is 17.5 Å². The maximum Gasteiger partial charge on any atom is 0.241 e. The van der Waals surface area contributed by atoms with E-state index in [2.05, 4.69) is 5.32 Å². The molecular formula is C20H16ClN2O3PS. The van der Waals surface area contributed by atoms with E-state index in [0.717, 1.165) is 10.3 Å². The normalized spacial score (nSPS) is 14.5. The average molecular weight is 431 g/mol. The van der Waals surface area contributed by atoms with E-state index >= 15 is 0 Å². The second-order valence-electron chi connectivity index (χ2n) is 6.25. The van der Waals surface area contributed by atoms with E-state index in [9.17, 15) is 14.3 Å². The Morgan fingerprint density at radius 2 is 2.04 bits per heavy atom. The molecule has 5 nitrogen and oxygen atoms in total. The molecule has 1 heterocycles. The predicted molar refractivity (Wildman–Crippen MR) is 114 cm³/mol. The third-order valence-corrected chi connectivity index (χ3v) is 6.82. The fraction of sp³-hybridized carbons (Fsp3) is 0.100. The fourth-order valence-electron chi connectivity index (χ4n) is 2.82. The van der Waals surface area contributed by atoms with E-state index < -0.39 is 18.9 Å². The second-order valence-corrected chi connectivity index (χ2v) is 10.0. The number of halogens is 1. The van der Waals surface area contributed by atoms with Crippen molar-refractivity contribution in [2.24, 2.45) is 0 Å². The number of nitriles is 1. The molecular weight excluding hydrogens is 415 g/mol. The minimum Gasteiger partial charge on any atom is -0.344 e. The molecule has 2 aromatic carbocycles. The predicted octanol–water partition coefficient (Wildman–Crippen LogP) is 5.15. The van der Waals surface area contributed by atoms with Crippen LogP contribution in [0.1, 0.15) is 22.3 Å². The summed E-state index contributed by atoms with van der Waals surface area (Å²) in [6.45, 7) is 1.18. The zero-order chi connectivity index (χ0) is 20.3.